The Labute approximate surface area is 97.9 Å². The molecule has 0 spiro atoms. The highest BCUT2D eigenvalue weighted by atomic mass is 16.5. The third kappa shape index (κ3) is 9.44. The first-order valence-electron chi connectivity index (χ1n) is 5.99. The minimum atomic E-state index is -0.275. The fourth-order valence-corrected chi connectivity index (χ4v) is 1.39. The Kier molecular flexibility index (Phi) is 9.67. The smallest absolute Gasteiger partial charge is 0.306 e. The van der Waals surface area contributed by atoms with Gasteiger partial charge in [0.15, 0.2) is 0 Å². The number of allylic oxidation sites excluding steroid dienone is 1. The maximum Gasteiger partial charge on any atom is 0.306 e. The molecule has 0 aliphatic carbocycles. The zero-order valence-corrected chi connectivity index (χ0v) is 10.2. The average molecular weight is 226 g/mol. The third-order valence-electron chi connectivity index (χ3n) is 2.28. The van der Waals surface area contributed by atoms with Crippen LogP contribution in [0.1, 0.15) is 51.9 Å². The molecule has 0 aromatic rings. The van der Waals surface area contributed by atoms with Crippen molar-refractivity contribution in [2.24, 2.45) is 0 Å². The van der Waals surface area contributed by atoms with Crippen molar-refractivity contribution >= 4 is 11.8 Å². The molecule has 0 fully saturated rings. The van der Waals surface area contributed by atoms with Gasteiger partial charge in [0.05, 0.1) is 13.0 Å². The number of Topliss-reactive ketones (excluding diaryl/α,β-unsaturated/α-hetero) is 1. The van der Waals surface area contributed by atoms with E-state index in [0.717, 1.165) is 25.7 Å². The predicted molar refractivity (Wildman–Crippen MR) is 64.2 cm³/mol. The highest BCUT2D eigenvalue weighted by Gasteiger charge is 2.06. The van der Waals surface area contributed by atoms with Crippen LogP contribution in [0.15, 0.2) is 12.7 Å². The van der Waals surface area contributed by atoms with Crippen LogP contribution in [0.25, 0.3) is 0 Å². The number of ether oxygens (including phenoxy) is 1. The van der Waals surface area contributed by atoms with Crippen LogP contribution in [0.5, 0.6) is 0 Å². The first-order chi connectivity index (χ1) is 7.70. The van der Waals surface area contributed by atoms with E-state index in [-0.39, 0.29) is 18.2 Å². The second-order valence-electron chi connectivity index (χ2n) is 3.73. The van der Waals surface area contributed by atoms with Crippen molar-refractivity contribution in [3.05, 3.63) is 12.7 Å². The predicted octanol–water partition coefficient (Wildman–Crippen LogP) is 3.04. The average Bonchev–Trinajstić information content (AvgIpc) is 2.26. The lowest BCUT2D eigenvalue weighted by Crippen LogP contribution is -2.07. The van der Waals surface area contributed by atoms with Gasteiger partial charge in [0.1, 0.15) is 5.78 Å². The van der Waals surface area contributed by atoms with Gasteiger partial charge in [-0.1, -0.05) is 12.5 Å². The van der Waals surface area contributed by atoms with Gasteiger partial charge >= 0.3 is 5.97 Å². The maximum absolute atomic E-state index is 11.4. The van der Waals surface area contributed by atoms with Gasteiger partial charge in [0.25, 0.3) is 0 Å². The Balaban J connectivity index is 3.37. The van der Waals surface area contributed by atoms with Crippen LogP contribution in [0.2, 0.25) is 0 Å². The van der Waals surface area contributed by atoms with E-state index in [1.165, 1.54) is 0 Å². The number of carbonyl (C=O) groups is 2. The van der Waals surface area contributed by atoms with Crippen molar-refractivity contribution in [2.75, 3.05) is 6.61 Å². The Morgan fingerprint density at radius 3 is 2.50 bits per heavy atom. The molecular weight excluding hydrogens is 204 g/mol. The number of hydrogen-bond donors (Lipinski definition) is 0. The van der Waals surface area contributed by atoms with E-state index < -0.39 is 0 Å². The van der Waals surface area contributed by atoms with Gasteiger partial charge < -0.3 is 4.74 Å². The van der Waals surface area contributed by atoms with E-state index >= 15 is 0 Å². The topological polar surface area (TPSA) is 43.4 Å². The molecule has 3 nitrogen and oxygen atoms in total. The minimum Gasteiger partial charge on any atom is -0.466 e. The molecule has 0 heterocycles. The fraction of sp³-hybridized carbons (Fsp3) is 0.692. The molecule has 0 aliphatic heterocycles. The summed E-state index contributed by atoms with van der Waals surface area (Å²) in [4.78, 5) is 22.3. The van der Waals surface area contributed by atoms with Gasteiger partial charge in [-0.2, -0.15) is 0 Å². The van der Waals surface area contributed by atoms with Gasteiger partial charge in [0, 0.05) is 12.8 Å². The Morgan fingerprint density at radius 1 is 1.12 bits per heavy atom. The van der Waals surface area contributed by atoms with Crippen molar-refractivity contribution in [1.82, 2.24) is 0 Å². The molecule has 0 atom stereocenters. The molecule has 0 aromatic carbocycles. The van der Waals surface area contributed by atoms with Gasteiger partial charge in [-0.25, -0.2) is 0 Å². The maximum atomic E-state index is 11.4. The summed E-state index contributed by atoms with van der Waals surface area (Å²) in [7, 11) is 0. The molecule has 0 unspecified atom stereocenters. The lowest BCUT2D eigenvalue weighted by molar-refractivity contribution is -0.144. The number of ketones is 1. The lowest BCUT2D eigenvalue weighted by atomic mass is 10.1. The number of rotatable bonds is 10. The second-order valence-corrected chi connectivity index (χ2v) is 3.73. The van der Waals surface area contributed by atoms with E-state index in [2.05, 4.69) is 6.58 Å². The molecule has 0 radical (unpaired) electrons. The summed E-state index contributed by atoms with van der Waals surface area (Å²) >= 11 is 0. The molecule has 0 bridgehead atoms. The van der Waals surface area contributed by atoms with Crippen molar-refractivity contribution in [2.45, 2.75) is 51.9 Å². The zero-order valence-electron chi connectivity index (χ0n) is 10.2. The van der Waals surface area contributed by atoms with Crippen LogP contribution >= 0.6 is 0 Å². The van der Waals surface area contributed by atoms with Gasteiger partial charge in [-0.3, -0.25) is 9.59 Å². The first-order valence-corrected chi connectivity index (χ1v) is 5.99. The molecule has 0 saturated carbocycles. The Morgan fingerprint density at radius 2 is 1.88 bits per heavy atom. The lowest BCUT2D eigenvalue weighted by Gasteiger charge is -2.01. The van der Waals surface area contributed by atoms with E-state index in [1.54, 1.807) is 6.92 Å². The number of unbranched alkanes of at least 4 members (excludes halogenated alkanes) is 3. The van der Waals surface area contributed by atoms with E-state index in [0.29, 0.717) is 19.4 Å². The van der Waals surface area contributed by atoms with Crippen molar-refractivity contribution in [3.63, 3.8) is 0 Å². The van der Waals surface area contributed by atoms with Crippen LogP contribution < -0.4 is 0 Å². The summed E-state index contributed by atoms with van der Waals surface area (Å²) in [5.41, 5.74) is 0. The molecule has 3 heteroatoms. The van der Waals surface area contributed by atoms with Gasteiger partial charge in [-0.15, -0.1) is 6.58 Å². The Hall–Kier alpha value is -1.12. The number of hydrogen-bond acceptors (Lipinski definition) is 3. The molecule has 0 amide bonds. The summed E-state index contributed by atoms with van der Waals surface area (Å²) < 4.78 is 4.75. The largest absolute Gasteiger partial charge is 0.466 e. The summed E-state index contributed by atoms with van der Waals surface area (Å²) in [6.07, 6.45) is 7.08. The molecular formula is C13H22O3. The van der Waals surface area contributed by atoms with Crippen LogP contribution in [-0.2, 0) is 14.3 Å². The summed E-state index contributed by atoms with van der Waals surface area (Å²) in [6.45, 7) is 5.79. The first kappa shape index (κ1) is 14.9. The van der Waals surface area contributed by atoms with E-state index in [4.69, 9.17) is 4.74 Å². The number of esters is 1. The van der Waals surface area contributed by atoms with Gasteiger partial charge in [0.2, 0.25) is 0 Å². The van der Waals surface area contributed by atoms with Crippen LogP contribution in [0.3, 0.4) is 0 Å². The fourth-order valence-electron chi connectivity index (χ4n) is 1.39. The van der Waals surface area contributed by atoms with E-state index in [1.807, 2.05) is 6.08 Å². The highest BCUT2D eigenvalue weighted by molar-refractivity contribution is 5.82. The van der Waals surface area contributed by atoms with Crippen LogP contribution in [0, 0.1) is 0 Å². The van der Waals surface area contributed by atoms with Crippen molar-refractivity contribution in [3.8, 4) is 0 Å². The molecule has 0 saturated heterocycles. The van der Waals surface area contributed by atoms with Crippen molar-refractivity contribution < 1.29 is 14.3 Å². The number of carbonyl (C=O) groups excluding carboxylic acids is 2. The summed E-state index contributed by atoms with van der Waals surface area (Å²) in [5, 5.41) is 0. The molecule has 0 aliphatic rings. The zero-order chi connectivity index (χ0) is 12.2. The monoisotopic (exact) mass is 226 g/mol. The van der Waals surface area contributed by atoms with Gasteiger partial charge in [-0.05, 0) is 26.2 Å². The van der Waals surface area contributed by atoms with Crippen molar-refractivity contribution in [1.29, 1.82) is 0 Å². The van der Waals surface area contributed by atoms with Crippen LogP contribution in [0.4, 0.5) is 0 Å². The second kappa shape index (κ2) is 10.4. The van der Waals surface area contributed by atoms with E-state index in [9.17, 15) is 9.59 Å². The minimum absolute atomic E-state index is 0.159. The van der Waals surface area contributed by atoms with Crippen LogP contribution in [-0.4, -0.2) is 18.4 Å². The SMILES string of the molecule is C=CCCCCCC(=O)CCC(=O)OCC. The highest BCUT2D eigenvalue weighted by Crippen LogP contribution is 2.06. The molecule has 16 heavy (non-hydrogen) atoms. The quantitative estimate of drug-likeness (QED) is 0.327. The Bertz CT molecular complexity index is 221. The molecule has 92 valence electrons. The summed E-state index contributed by atoms with van der Waals surface area (Å²) in [5.74, 6) is -0.117. The summed E-state index contributed by atoms with van der Waals surface area (Å²) in [6, 6.07) is 0. The molecule has 0 aromatic heterocycles. The third-order valence-corrected chi connectivity index (χ3v) is 2.28. The standard InChI is InChI=1S/C13H22O3/c1-3-5-6-7-8-9-12(14)10-11-13(15)16-4-2/h3H,1,4-11H2,2H3. The normalized spacial score (nSPS) is 9.81. The molecule has 0 N–H and O–H groups in total. The molecule has 0 rings (SSSR count).